The monoisotopic (exact) mass is 343 g/mol. The van der Waals surface area contributed by atoms with E-state index >= 15 is 0 Å². The fourth-order valence-corrected chi connectivity index (χ4v) is 3.27. The lowest BCUT2D eigenvalue weighted by atomic mass is 9.98. The van der Waals surface area contributed by atoms with Crippen LogP contribution in [0.25, 0.3) is 5.69 Å². The molecule has 1 unspecified atom stereocenters. The molecule has 1 aromatic carbocycles. The molecule has 3 rings (SSSR count). The second kappa shape index (κ2) is 7.60. The molecule has 0 radical (unpaired) electrons. The third-order valence-electron chi connectivity index (χ3n) is 4.68. The molecule has 0 aliphatic carbocycles. The van der Waals surface area contributed by atoms with Crippen LogP contribution in [0.3, 0.4) is 0 Å². The van der Waals surface area contributed by atoms with Crippen molar-refractivity contribution < 1.29 is 4.79 Å². The Labute approximate surface area is 147 Å². The van der Waals surface area contributed by atoms with Gasteiger partial charge in [-0.1, -0.05) is 6.07 Å². The van der Waals surface area contributed by atoms with Crippen LogP contribution in [0.15, 0.2) is 24.5 Å². The average molecular weight is 343 g/mol. The molecule has 2 heterocycles. The zero-order valence-electron chi connectivity index (χ0n) is 15.0. The molecule has 134 valence electrons. The fraction of sp³-hybridized carbons (Fsp3) is 0.529. The largest absolute Gasteiger partial charge is 0.327 e. The van der Waals surface area contributed by atoms with Gasteiger partial charge in [0.1, 0.15) is 6.33 Å². The highest BCUT2D eigenvalue weighted by Gasteiger charge is 2.21. The van der Waals surface area contributed by atoms with E-state index in [4.69, 9.17) is 0 Å². The molecule has 1 saturated heterocycles. The van der Waals surface area contributed by atoms with Crippen LogP contribution in [-0.4, -0.2) is 69.8 Å². The van der Waals surface area contributed by atoms with Gasteiger partial charge in [0.25, 0.3) is 0 Å². The first-order chi connectivity index (χ1) is 12.0. The van der Waals surface area contributed by atoms with Crippen LogP contribution in [0.2, 0.25) is 0 Å². The van der Waals surface area contributed by atoms with E-state index in [-0.39, 0.29) is 6.03 Å². The van der Waals surface area contributed by atoms with Crippen LogP contribution in [0, 0.1) is 12.8 Å². The van der Waals surface area contributed by atoms with Gasteiger partial charge in [-0.05, 0) is 67.4 Å². The van der Waals surface area contributed by atoms with Gasteiger partial charge in [0.15, 0.2) is 0 Å². The predicted octanol–water partition coefficient (Wildman–Crippen LogP) is 1.78. The number of carbonyl (C=O) groups excluding carboxylic acids is 1. The number of anilines is 1. The Bertz CT molecular complexity index is 716. The van der Waals surface area contributed by atoms with Gasteiger partial charge in [0, 0.05) is 25.8 Å². The summed E-state index contributed by atoms with van der Waals surface area (Å²) in [5.74, 6) is 0.531. The van der Waals surface area contributed by atoms with Crippen molar-refractivity contribution in [3.8, 4) is 5.69 Å². The van der Waals surface area contributed by atoms with Crippen molar-refractivity contribution >= 4 is 11.7 Å². The molecule has 1 aromatic heterocycles. The molecule has 2 aromatic rings. The summed E-state index contributed by atoms with van der Waals surface area (Å²) in [5.41, 5.74) is 2.57. The van der Waals surface area contributed by atoms with Crippen molar-refractivity contribution in [2.24, 2.45) is 5.92 Å². The number of likely N-dealkylation sites (tertiary alicyclic amines) is 1. The number of carbonyl (C=O) groups is 1. The van der Waals surface area contributed by atoms with Crippen LogP contribution in [0.5, 0.6) is 0 Å². The van der Waals surface area contributed by atoms with Crippen LogP contribution in [0.4, 0.5) is 10.5 Å². The summed E-state index contributed by atoms with van der Waals surface area (Å²) in [4.78, 5) is 16.7. The number of amides is 2. The molecule has 8 heteroatoms. The predicted molar refractivity (Wildman–Crippen MR) is 95.8 cm³/mol. The zero-order chi connectivity index (χ0) is 17.8. The van der Waals surface area contributed by atoms with Crippen molar-refractivity contribution in [2.75, 3.05) is 39.0 Å². The van der Waals surface area contributed by atoms with Crippen molar-refractivity contribution in [3.05, 3.63) is 30.1 Å². The molecule has 1 N–H and O–H groups in total. The highest BCUT2D eigenvalue weighted by molar-refractivity contribution is 5.90. The molecule has 2 amide bonds. The minimum Gasteiger partial charge on any atom is -0.327 e. The van der Waals surface area contributed by atoms with Crippen molar-refractivity contribution in [1.82, 2.24) is 30.0 Å². The summed E-state index contributed by atoms with van der Waals surface area (Å²) in [7, 11) is 3.99. The maximum atomic E-state index is 12.6. The van der Waals surface area contributed by atoms with Crippen LogP contribution in [-0.2, 0) is 0 Å². The number of piperidine rings is 1. The third-order valence-corrected chi connectivity index (χ3v) is 4.68. The first-order valence-corrected chi connectivity index (χ1v) is 8.57. The number of nitrogens with zero attached hydrogens (tertiary/aromatic N) is 6. The molecule has 1 atom stereocenters. The Morgan fingerprint density at radius 3 is 3.00 bits per heavy atom. The second-order valence-corrected chi connectivity index (χ2v) is 6.83. The number of hydrogen-bond acceptors (Lipinski definition) is 5. The van der Waals surface area contributed by atoms with Crippen molar-refractivity contribution in [3.63, 3.8) is 0 Å². The zero-order valence-corrected chi connectivity index (χ0v) is 15.0. The Hall–Kier alpha value is -2.48. The first kappa shape index (κ1) is 17.3. The fourth-order valence-electron chi connectivity index (χ4n) is 3.27. The lowest BCUT2D eigenvalue weighted by Crippen LogP contribution is -2.41. The maximum Gasteiger partial charge on any atom is 0.321 e. The van der Waals surface area contributed by atoms with Crippen molar-refractivity contribution in [1.29, 1.82) is 0 Å². The number of benzene rings is 1. The molecule has 1 aliphatic heterocycles. The van der Waals surface area contributed by atoms with Gasteiger partial charge in [-0.2, -0.15) is 0 Å². The number of aromatic nitrogens is 4. The lowest BCUT2D eigenvalue weighted by Gasteiger charge is -2.32. The minimum absolute atomic E-state index is 0.0924. The van der Waals surface area contributed by atoms with Crippen molar-refractivity contribution in [2.45, 2.75) is 19.8 Å². The Kier molecular flexibility index (Phi) is 5.28. The van der Waals surface area contributed by atoms with Gasteiger partial charge in [0.2, 0.25) is 0 Å². The topological polar surface area (TPSA) is 79.2 Å². The summed E-state index contributed by atoms with van der Waals surface area (Å²) in [6.07, 6.45) is 3.90. The molecule has 25 heavy (non-hydrogen) atoms. The normalized spacial score (nSPS) is 18.1. The number of aryl methyl sites for hydroxylation is 1. The molecular formula is C17H25N7O. The van der Waals surface area contributed by atoms with E-state index in [2.05, 4.69) is 32.8 Å². The van der Waals surface area contributed by atoms with E-state index in [9.17, 15) is 4.79 Å². The standard InChI is InChI=1S/C17H25N7O/c1-13-6-7-15(24-12-18-20-21-24)9-16(13)19-17(25)23(3)11-14-5-4-8-22(2)10-14/h6-7,9,12,14H,4-5,8,10-11H2,1-3H3,(H,19,25). The van der Waals surface area contributed by atoms with Gasteiger partial charge in [-0.25, -0.2) is 9.48 Å². The molecule has 1 fully saturated rings. The van der Waals surface area contributed by atoms with Gasteiger partial charge >= 0.3 is 6.03 Å². The Morgan fingerprint density at radius 1 is 1.44 bits per heavy atom. The molecule has 0 saturated carbocycles. The van der Waals surface area contributed by atoms with E-state index in [0.717, 1.165) is 36.6 Å². The van der Waals surface area contributed by atoms with E-state index in [1.807, 2.05) is 32.2 Å². The van der Waals surface area contributed by atoms with Gasteiger partial charge in [-0.3, -0.25) is 0 Å². The van der Waals surface area contributed by atoms with E-state index in [1.54, 1.807) is 9.58 Å². The number of hydrogen-bond donors (Lipinski definition) is 1. The lowest BCUT2D eigenvalue weighted by molar-refractivity contribution is 0.170. The highest BCUT2D eigenvalue weighted by atomic mass is 16.2. The van der Waals surface area contributed by atoms with E-state index in [1.165, 1.54) is 19.2 Å². The van der Waals surface area contributed by atoms with Gasteiger partial charge in [0.05, 0.1) is 5.69 Å². The summed E-state index contributed by atoms with van der Waals surface area (Å²) in [5, 5.41) is 14.2. The molecular weight excluding hydrogens is 318 g/mol. The average Bonchev–Trinajstić information content (AvgIpc) is 3.11. The summed E-state index contributed by atoms with van der Waals surface area (Å²) in [6.45, 7) is 4.93. The maximum absolute atomic E-state index is 12.6. The minimum atomic E-state index is -0.0924. The molecule has 0 bridgehead atoms. The smallest absolute Gasteiger partial charge is 0.321 e. The van der Waals surface area contributed by atoms with Gasteiger partial charge < -0.3 is 15.1 Å². The third kappa shape index (κ3) is 4.33. The van der Waals surface area contributed by atoms with Crippen LogP contribution >= 0.6 is 0 Å². The van der Waals surface area contributed by atoms with Crippen LogP contribution < -0.4 is 5.32 Å². The van der Waals surface area contributed by atoms with E-state index < -0.39 is 0 Å². The molecule has 8 nitrogen and oxygen atoms in total. The number of tetrazole rings is 1. The summed E-state index contributed by atoms with van der Waals surface area (Å²) in [6, 6.07) is 5.66. The first-order valence-electron chi connectivity index (χ1n) is 8.57. The number of urea groups is 1. The van der Waals surface area contributed by atoms with Gasteiger partial charge in [-0.15, -0.1) is 5.10 Å². The number of nitrogens with one attached hydrogen (secondary N) is 1. The summed E-state index contributed by atoms with van der Waals surface area (Å²) >= 11 is 0. The summed E-state index contributed by atoms with van der Waals surface area (Å²) < 4.78 is 1.57. The Morgan fingerprint density at radius 2 is 2.28 bits per heavy atom. The van der Waals surface area contributed by atoms with Crippen LogP contribution in [0.1, 0.15) is 18.4 Å². The quantitative estimate of drug-likeness (QED) is 0.915. The Balaban J connectivity index is 1.64. The SMILES string of the molecule is Cc1ccc(-n2cnnn2)cc1NC(=O)N(C)CC1CCCN(C)C1. The number of rotatable bonds is 4. The highest BCUT2D eigenvalue weighted by Crippen LogP contribution is 2.20. The molecule has 0 spiro atoms. The molecule has 1 aliphatic rings. The second-order valence-electron chi connectivity index (χ2n) is 6.83. The van der Waals surface area contributed by atoms with E-state index in [0.29, 0.717) is 5.92 Å².